The fourth-order valence-electron chi connectivity index (χ4n) is 3.67. The molecule has 4 nitrogen and oxygen atoms in total. The zero-order chi connectivity index (χ0) is 20.4. The summed E-state index contributed by atoms with van der Waals surface area (Å²) in [6.45, 7) is 0. The van der Waals surface area contributed by atoms with Crippen LogP contribution in [0.1, 0.15) is 42.3 Å². The van der Waals surface area contributed by atoms with E-state index in [1.165, 1.54) is 6.07 Å². The first-order valence-corrected chi connectivity index (χ1v) is 9.48. The second kappa shape index (κ2) is 7.73. The SMILES string of the molecule is O=C(C[C@H]1C=CCC1)N[C@@H](c1ccccc1)c1ccc2nc(C(F)(F)F)[nH]c2c1. The van der Waals surface area contributed by atoms with E-state index in [1.54, 1.807) is 12.1 Å². The van der Waals surface area contributed by atoms with Gasteiger partial charge in [-0.3, -0.25) is 4.79 Å². The van der Waals surface area contributed by atoms with E-state index in [2.05, 4.69) is 27.4 Å². The highest BCUT2D eigenvalue weighted by molar-refractivity contribution is 5.79. The summed E-state index contributed by atoms with van der Waals surface area (Å²) in [6.07, 6.45) is 1.94. The summed E-state index contributed by atoms with van der Waals surface area (Å²) in [5.74, 6) is -0.884. The number of nitrogens with zero attached hydrogens (tertiary/aromatic N) is 1. The molecule has 1 aliphatic carbocycles. The summed E-state index contributed by atoms with van der Waals surface area (Å²) in [5.41, 5.74) is 2.06. The van der Waals surface area contributed by atoms with E-state index in [0.717, 1.165) is 18.4 Å². The summed E-state index contributed by atoms with van der Waals surface area (Å²) in [4.78, 5) is 18.6. The lowest BCUT2D eigenvalue weighted by Crippen LogP contribution is -2.30. The molecule has 4 rings (SSSR count). The second-order valence-electron chi connectivity index (χ2n) is 7.24. The van der Waals surface area contributed by atoms with Gasteiger partial charge in [-0.05, 0) is 42.0 Å². The average Bonchev–Trinajstić information content (AvgIpc) is 3.35. The van der Waals surface area contributed by atoms with Gasteiger partial charge in [-0.2, -0.15) is 13.2 Å². The Morgan fingerprint density at radius 2 is 1.97 bits per heavy atom. The topological polar surface area (TPSA) is 57.8 Å². The van der Waals surface area contributed by atoms with Crippen molar-refractivity contribution in [1.82, 2.24) is 15.3 Å². The fraction of sp³-hybridized carbons (Fsp3) is 0.273. The highest BCUT2D eigenvalue weighted by Crippen LogP contribution is 2.31. The number of rotatable bonds is 5. The average molecular weight is 399 g/mol. The van der Waals surface area contributed by atoms with Gasteiger partial charge in [0.1, 0.15) is 0 Å². The summed E-state index contributed by atoms with van der Waals surface area (Å²) in [5, 5.41) is 3.05. The van der Waals surface area contributed by atoms with Crippen molar-refractivity contribution >= 4 is 16.9 Å². The van der Waals surface area contributed by atoms with Crippen molar-refractivity contribution in [3.63, 3.8) is 0 Å². The van der Waals surface area contributed by atoms with Crippen molar-refractivity contribution < 1.29 is 18.0 Å². The smallest absolute Gasteiger partial charge is 0.345 e. The minimum absolute atomic E-state index is 0.0870. The van der Waals surface area contributed by atoms with E-state index in [-0.39, 0.29) is 22.9 Å². The first-order chi connectivity index (χ1) is 13.9. The standard InChI is InChI=1S/C22H20F3N3O/c23-22(24,25)21-26-17-11-10-16(13-18(17)27-21)20(15-8-2-1-3-9-15)28-19(29)12-14-6-4-5-7-14/h1-4,6,8-11,13-14,20H,5,7,12H2,(H,26,27)(H,28,29)/t14-,20-/m0/s1. The van der Waals surface area contributed by atoms with Crippen LogP contribution in [-0.4, -0.2) is 15.9 Å². The number of carbonyl (C=O) groups is 1. The highest BCUT2D eigenvalue weighted by atomic mass is 19.4. The third-order valence-electron chi connectivity index (χ3n) is 5.11. The molecular formula is C22H20F3N3O. The van der Waals surface area contributed by atoms with Gasteiger partial charge >= 0.3 is 6.18 Å². The number of aromatic amines is 1. The van der Waals surface area contributed by atoms with Crippen LogP contribution in [0.25, 0.3) is 11.0 Å². The van der Waals surface area contributed by atoms with E-state index >= 15 is 0 Å². The van der Waals surface area contributed by atoms with Gasteiger partial charge in [-0.1, -0.05) is 48.6 Å². The summed E-state index contributed by atoms with van der Waals surface area (Å²) >= 11 is 0. The number of fused-ring (bicyclic) bond motifs is 1. The molecular weight excluding hydrogens is 379 g/mol. The molecule has 0 aliphatic heterocycles. The third-order valence-corrected chi connectivity index (χ3v) is 5.11. The predicted molar refractivity (Wildman–Crippen MR) is 104 cm³/mol. The molecule has 0 spiro atoms. The molecule has 0 unspecified atom stereocenters. The van der Waals surface area contributed by atoms with Crippen LogP contribution in [0.5, 0.6) is 0 Å². The number of hydrogen-bond acceptors (Lipinski definition) is 2. The van der Waals surface area contributed by atoms with Gasteiger partial charge in [-0.25, -0.2) is 4.98 Å². The molecule has 0 saturated heterocycles. The molecule has 7 heteroatoms. The molecule has 3 aromatic rings. The lowest BCUT2D eigenvalue weighted by Gasteiger charge is -2.21. The Morgan fingerprint density at radius 3 is 2.66 bits per heavy atom. The lowest BCUT2D eigenvalue weighted by atomic mass is 9.97. The minimum Gasteiger partial charge on any atom is -0.345 e. The quantitative estimate of drug-likeness (QED) is 0.584. The van der Waals surface area contributed by atoms with Crippen LogP contribution in [0.4, 0.5) is 13.2 Å². The molecule has 1 heterocycles. The summed E-state index contributed by atoms with van der Waals surface area (Å²) in [7, 11) is 0. The Labute approximate surface area is 165 Å². The van der Waals surface area contributed by atoms with Crippen molar-refractivity contribution in [3.8, 4) is 0 Å². The largest absolute Gasteiger partial charge is 0.449 e. The number of hydrogen-bond donors (Lipinski definition) is 2. The van der Waals surface area contributed by atoms with Crippen LogP contribution in [0.3, 0.4) is 0 Å². The van der Waals surface area contributed by atoms with Crippen LogP contribution < -0.4 is 5.32 Å². The maximum absolute atomic E-state index is 13.0. The number of halogens is 3. The molecule has 0 bridgehead atoms. The maximum atomic E-state index is 13.0. The Balaban J connectivity index is 1.65. The second-order valence-corrected chi connectivity index (χ2v) is 7.24. The predicted octanol–water partition coefficient (Wildman–Crippen LogP) is 5.14. The van der Waals surface area contributed by atoms with Gasteiger partial charge in [0.25, 0.3) is 0 Å². The number of H-pyrrole nitrogens is 1. The molecule has 2 aromatic carbocycles. The maximum Gasteiger partial charge on any atom is 0.449 e. The third kappa shape index (κ3) is 4.34. The van der Waals surface area contributed by atoms with Crippen LogP contribution in [0.2, 0.25) is 0 Å². The van der Waals surface area contributed by atoms with Gasteiger partial charge < -0.3 is 10.3 Å². The van der Waals surface area contributed by atoms with Crippen molar-refractivity contribution in [1.29, 1.82) is 0 Å². The Morgan fingerprint density at radius 1 is 1.17 bits per heavy atom. The van der Waals surface area contributed by atoms with E-state index in [9.17, 15) is 18.0 Å². The number of amides is 1. The molecule has 2 N–H and O–H groups in total. The van der Waals surface area contributed by atoms with Crippen LogP contribution in [-0.2, 0) is 11.0 Å². The van der Waals surface area contributed by atoms with Gasteiger partial charge in [-0.15, -0.1) is 0 Å². The summed E-state index contributed by atoms with van der Waals surface area (Å²) < 4.78 is 38.9. The number of imidazole rings is 1. The molecule has 2 atom stereocenters. The van der Waals surface area contributed by atoms with Crippen molar-refractivity contribution in [2.75, 3.05) is 0 Å². The molecule has 0 radical (unpaired) electrons. The van der Waals surface area contributed by atoms with Crippen LogP contribution in [0.15, 0.2) is 60.7 Å². The number of carbonyl (C=O) groups excluding carboxylic acids is 1. The first-order valence-electron chi connectivity index (χ1n) is 9.48. The monoisotopic (exact) mass is 399 g/mol. The molecule has 1 amide bonds. The molecule has 0 saturated carbocycles. The molecule has 29 heavy (non-hydrogen) atoms. The Bertz CT molecular complexity index is 1040. The lowest BCUT2D eigenvalue weighted by molar-refractivity contribution is -0.144. The normalized spacial score (nSPS) is 17.6. The van der Waals surface area contributed by atoms with Crippen molar-refractivity contribution in [2.45, 2.75) is 31.5 Å². The fourth-order valence-corrected chi connectivity index (χ4v) is 3.67. The number of allylic oxidation sites excluding steroid dienone is 2. The highest BCUT2D eigenvalue weighted by Gasteiger charge is 2.34. The molecule has 0 fully saturated rings. The van der Waals surface area contributed by atoms with E-state index in [4.69, 9.17) is 0 Å². The molecule has 1 aromatic heterocycles. The zero-order valence-corrected chi connectivity index (χ0v) is 15.5. The Kier molecular flexibility index (Phi) is 5.13. The van der Waals surface area contributed by atoms with E-state index < -0.39 is 18.0 Å². The van der Waals surface area contributed by atoms with Gasteiger partial charge in [0.15, 0.2) is 0 Å². The van der Waals surface area contributed by atoms with Crippen LogP contribution in [0, 0.1) is 5.92 Å². The molecule has 150 valence electrons. The Hall–Kier alpha value is -3.09. The van der Waals surface area contributed by atoms with Crippen LogP contribution >= 0.6 is 0 Å². The number of nitrogens with one attached hydrogen (secondary N) is 2. The van der Waals surface area contributed by atoms with Gasteiger partial charge in [0.2, 0.25) is 11.7 Å². The first kappa shape index (κ1) is 19.2. The van der Waals surface area contributed by atoms with Crippen molar-refractivity contribution in [3.05, 3.63) is 77.6 Å². The summed E-state index contributed by atoms with van der Waals surface area (Å²) in [6, 6.07) is 13.8. The molecule has 1 aliphatic rings. The number of benzene rings is 2. The van der Waals surface area contributed by atoms with E-state index in [1.807, 2.05) is 30.3 Å². The zero-order valence-electron chi connectivity index (χ0n) is 15.5. The van der Waals surface area contributed by atoms with E-state index in [0.29, 0.717) is 12.0 Å². The van der Waals surface area contributed by atoms with Gasteiger partial charge in [0, 0.05) is 6.42 Å². The number of alkyl halides is 3. The van der Waals surface area contributed by atoms with Crippen molar-refractivity contribution in [2.24, 2.45) is 5.92 Å². The number of aromatic nitrogens is 2. The minimum atomic E-state index is -4.54. The van der Waals surface area contributed by atoms with Gasteiger partial charge in [0.05, 0.1) is 17.1 Å².